The van der Waals surface area contributed by atoms with Crippen molar-refractivity contribution in [3.63, 3.8) is 0 Å². The van der Waals surface area contributed by atoms with Crippen molar-refractivity contribution >= 4 is 51.7 Å². The van der Waals surface area contributed by atoms with E-state index >= 15 is 0 Å². The van der Waals surface area contributed by atoms with Crippen molar-refractivity contribution in [2.45, 2.75) is 0 Å². The molecule has 1 heterocycles. The van der Waals surface area contributed by atoms with Gasteiger partial charge >= 0.3 is 0 Å². The van der Waals surface area contributed by atoms with E-state index in [1.807, 2.05) is 42.5 Å². The van der Waals surface area contributed by atoms with Crippen molar-refractivity contribution in [2.24, 2.45) is 7.05 Å². The second-order valence-electron chi connectivity index (χ2n) is 4.62. The van der Waals surface area contributed by atoms with Crippen LogP contribution in [-0.4, -0.2) is 10.5 Å². The zero-order valence-electron chi connectivity index (χ0n) is 11.3. The summed E-state index contributed by atoms with van der Waals surface area (Å²) in [5.41, 5.74) is 6.68. The van der Waals surface area contributed by atoms with Gasteiger partial charge in [-0.2, -0.15) is 0 Å². The Morgan fingerprint density at radius 2 is 1.95 bits per heavy atom. The molecule has 0 radical (unpaired) electrons. The normalized spacial score (nSPS) is 10.7. The first-order chi connectivity index (χ1) is 10.1. The van der Waals surface area contributed by atoms with Crippen LogP contribution in [0.25, 0.3) is 10.8 Å². The standard InChI is InChI=1S/C15H13N3OS2/c1-18-13(16)12(21-15(18)20)14(19)17-11-8-4-6-9-5-2-3-7-10(9)11/h2-8H,16H2,1H3,(H,17,19). The number of thiazole rings is 1. The van der Waals surface area contributed by atoms with E-state index in [1.54, 1.807) is 11.6 Å². The van der Waals surface area contributed by atoms with E-state index in [2.05, 4.69) is 5.32 Å². The maximum Gasteiger partial charge on any atom is 0.269 e. The second-order valence-corrected chi connectivity index (χ2v) is 6.27. The minimum absolute atomic E-state index is 0.236. The molecule has 0 aliphatic rings. The van der Waals surface area contributed by atoms with Gasteiger partial charge < -0.3 is 15.6 Å². The van der Waals surface area contributed by atoms with Gasteiger partial charge in [-0.25, -0.2) is 0 Å². The predicted octanol–water partition coefficient (Wildman–Crippen LogP) is 3.80. The first-order valence-electron chi connectivity index (χ1n) is 6.32. The first kappa shape index (κ1) is 13.8. The van der Waals surface area contributed by atoms with Gasteiger partial charge in [-0.3, -0.25) is 4.79 Å². The highest BCUT2D eigenvalue weighted by Crippen LogP contribution is 2.26. The molecule has 0 saturated carbocycles. The highest BCUT2D eigenvalue weighted by Gasteiger charge is 2.16. The lowest BCUT2D eigenvalue weighted by molar-refractivity contribution is 0.103. The van der Waals surface area contributed by atoms with Gasteiger partial charge in [-0.15, -0.1) is 0 Å². The van der Waals surface area contributed by atoms with Crippen LogP contribution in [0.4, 0.5) is 11.5 Å². The predicted molar refractivity (Wildman–Crippen MR) is 90.4 cm³/mol. The zero-order chi connectivity index (χ0) is 15.0. The SMILES string of the molecule is Cn1c(N)c(C(=O)Nc2cccc3ccccc23)sc1=S. The number of nitrogen functional groups attached to an aromatic ring is 1. The molecule has 3 N–H and O–H groups in total. The number of hydrogen-bond acceptors (Lipinski definition) is 4. The Morgan fingerprint density at radius 1 is 1.24 bits per heavy atom. The number of rotatable bonds is 2. The fourth-order valence-corrected chi connectivity index (χ4v) is 3.28. The van der Waals surface area contributed by atoms with Gasteiger partial charge in [-0.05, 0) is 23.7 Å². The highest BCUT2D eigenvalue weighted by atomic mass is 32.1. The Hall–Kier alpha value is -2.18. The summed E-state index contributed by atoms with van der Waals surface area (Å²) in [6, 6.07) is 13.7. The number of hydrogen-bond donors (Lipinski definition) is 2. The fourth-order valence-electron chi connectivity index (χ4n) is 2.13. The molecule has 0 aliphatic heterocycles. The lowest BCUT2D eigenvalue weighted by Gasteiger charge is -2.08. The molecule has 3 rings (SSSR count). The van der Waals surface area contributed by atoms with Gasteiger partial charge in [-0.1, -0.05) is 47.7 Å². The van der Waals surface area contributed by atoms with Crippen LogP contribution in [-0.2, 0) is 7.05 Å². The van der Waals surface area contributed by atoms with Crippen LogP contribution < -0.4 is 11.1 Å². The Kier molecular flexibility index (Phi) is 3.48. The quantitative estimate of drug-likeness (QED) is 0.707. The molecule has 1 aromatic heterocycles. The lowest BCUT2D eigenvalue weighted by atomic mass is 10.1. The summed E-state index contributed by atoms with van der Waals surface area (Å²) in [5, 5.41) is 4.98. The third-order valence-corrected chi connectivity index (χ3v) is 4.87. The number of nitrogens with zero attached hydrogens (tertiary/aromatic N) is 1. The number of nitrogens with one attached hydrogen (secondary N) is 1. The maximum atomic E-state index is 12.4. The minimum Gasteiger partial charge on any atom is -0.384 e. The van der Waals surface area contributed by atoms with Crippen molar-refractivity contribution in [2.75, 3.05) is 11.1 Å². The highest BCUT2D eigenvalue weighted by molar-refractivity contribution is 7.73. The van der Waals surface area contributed by atoms with Crippen LogP contribution in [0.2, 0.25) is 0 Å². The van der Waals surface area contributed by atoms with E-state index in [1.165, 1.54) is 11.3 Å². The van der Waals surface area contributed by atoms with Gasteiger partial charge in [0.25, 0.3) is 5.91 Å². The topological polar surface area (TPSA) is 60.0 Å². The summed E-state index contributed by atoms with van der Waals surface area (Å²) >= 11 is 6.36. The van der Waals surface area contributed by atoms with Crippen LogP contribution in [0.5, 0.6) is 0 Å². The average Bonchev–Trinajstić information content (AvgIpc) is 2.75. The van der Waals surface area contributed by atoms with E-state index in [4.69, 9.17) is 18.0 Å². The fraction of sp³-hybridized carbons (Fsp3) is 0.0667. The third kappa shape index (κ3) is 2.43. The summed E-state index contributed by atoms with van der Waals surface area (Å²) in [7, 11) is 1.75. The van der Waals surface area contributed by atoms with Crippen molar-refractivity contribution in [3.8, 4) is 0 Å². The van der Waals surface area contributed by atoms with Crippen molar-refractivity contribution in [1.82, 2.24) is 4.57 Å². The molecule has 0 saturated heterocycles. The number of aromatic nitrogens is 1. The first-order valence-corrected chi connectivity index (χ1v) is 7.55. The summed E-state index contributed by atoms with van der Waals surface area (Å²) in [5.74, 6) is 0.156. The number of benzene rings is 2. The summed E-state index contributed by atoms with van der Waals surface area (Å²) in [4.78, 5) is 12.8. The van der Waals surface area contributed by atoms with E-state index in [0.717, 1.165) is 16.5 Å². The van der Waals surface area contributed by atoms with Crippen LogP contribution >= 0.6 is 23.6 Å². The monoisotopic (exact) mass is 315 g/mol. The number of nitrogens with two attached hydrogens (primary N) is 1. The molecule has 0 spiro atoms. The van der Waals surface area contributed by atoms with E-state index in [9.17, 15) is 4.79 Å². The molecule has 106 valence electrons. The Bertz CT molecular complexity index is 890. The number of carbonyl (C=O) groups is 1. The Morgan fingerprint density at radius 3 is 2.67 bits per heavy atom. The van der Waals surface area contributed by atoms with Crippen LogP contribution in [0.1, 0.15) is 9.67 Å². The Balaban J connectivity index is 2.00. The molecular formula is C15H13N3OS2. The zero-order valence-corrected chi connectivity index (χ0v) is 12.9. The van der Waals surface area contributed by atoms with Crippen LogP contribution in [0.15, 0.2) is 42.5 Å². The number of carbonyl (C=O) groups excluding carboxylic acids is 1. The molecule has 0 fully saturated rings. The van der Waals surface area contributed by atoms with Gasteiger partial charge in [0.2, 0.25) is 0 Å². The van der Waals surface area contributed by atoms with Crippen molar-refractivity contribution in [3.05, 3.63) is 51.3 Å². The van der Waals surface area contributed by atoms with Crippen molar-refractivity contribution in [1.29, 1.82) is 0 Å². The molecule has 2 aromatic carbocycles. The second kappa shape index (κ2) is 5.31. The molecule has 1 amide bonds. The smallest absolute Gasteiger partial charge is 0.269 e. The Labute approximate surface area is 130 Å². The van der Waals surface area contributed by atoms with Gasteiger partial charge in [0, 0.05) is 18.1 Å². The van der Waals surface area contributed by atoms with Crippen LogP contribution in [0, 0.1) is 3.95 Å². The molecule has 0 unspecified atom stereocenters. The maximum absolute atomic E-state index is 12.4. The number of fused-ring (bicyclic) bond motifs is 1. The van der Waals surface area contributed by atoms with Gasteiger partial charge in [0.05, 0.1) is 0 Å². The van der Waals surface area contributed by atoms with Crippen molar-refractivity contribution < 1.29 is 4.79 Å². The molecule has 3 aromatic rings. The third-order valence-electron chi connectivity index (χ3n) is 3.30. The number of anilines is 2. The number of amides is 1. The van der Waals surface area contributed by atoms with Gasteiger partial charge in [0.1, 0.15) is 10.7 Å². The molecular weight excluding hydrogens is 302 g/mol. The molecule has 0 atom stereocenters. The van der Waals surface area contributed by atoms with E-state index in [-0.39, 0.29) is 5.91 Å². The van der Waals surface area contributed by atoms with Crippen LogP contribution in [0.3, 0.4) is 0 Å². The lowest BCUT2D eigenvalue weighted by Crippen LogP contribution is -2.13. The largest absolute Gasteiger partial charge is 0.384 e. The summed E-state index contributed by atoms with van der Waals surface area (Å²) in [6.45, 7) is 0. The van der Waals surface area contributed by atoms with E-state index in [0.29, 0.717) is 14.6 Å². The molecule has 21 heavy (non-hydrogen) atoms. The summed E-state index contributed by atoms with van der Waals surface area (Å²) < 4.78 is 2.22. The average molecular weight is 315 g/mol. The summed E-state index contributed by atoms with van der Waals surface area (Å²) in [6.07, 6.45) is 0. The minimum atomic E-state index is -0.236. The molecule has 6 heteroatoms. The molecule has 0 bridgehead atoms. The van der Waals surface area contributed by atoms with E-state index < -0.39 is 0 Å². The molecule has 4 nitrogen and oxygen atoms in total. The molecule has 0 aliphatic carbocycles. The van der Waals surface area contributed by atoms with Gasteiger partial charge in [0.15, 0.2) is 3.95 Å².